The molecule has 3 aromatic heterocycles. The molecule has 0 aliphatic carbocycles. The number of aromatic nitrogens is 2. The molecule has 0 amide bonds. The maximum atomic E-state index is 2.45. The van der Waals surface area contributed by atoms with Crippen molar-refractivity contribution in [2.75, 3.05) is 0 Å². The van der Waals surface area contributed by atoms with Gasteiger partial charge in [-0.2, -0.15) is 0 Å². The Kier molecular flexibility index (Phi) is 6.54. The summed E-state index contributed by atoms with van der Waals surface area (Å²) in [6.07, 6.45) is 0. The first-order valence-electron chi connectivity index (χ1n) is 18.8. The second-order valence-electron chi connectivity index (χ2n) is 14.5. The quantitative estimate of drug-likeness (QED) is 0.172. The van der Waals surface area contributed by atoms with Crippen molar-refractivity contribution in [1.82, 2.24) is 9.13 Å². The van der Waals surface area contributed by atoms with Gasteiger partial charge < -0.3 is 9.13 Å². The molecule has 55 heavy (non-hydrogen) atoms. The summed E-state index contributed by atoms with van der Waals surface area (Å²) < 4.78 is 7.52. The summed E-state index contributed by atoms with van der Waals surface area (Å²) in [6.45, 7) is 0. The maximum Gasteiger partial charge on any atom is 0.0547 e. The van der Waals surface area contributed by atoms with Gasteiger partial charge in [0.25, 0.3) is 0 Å². The largest absolute Gasteiger partial charge is 0.309 e. The zero-order chi connectivity index (χ0) is 36.0. The van der Waals surface area contributed by atoms with E-state index in [9.17, 15) is 0 Å². The summed E-state index contributed by atoms with van der Waals surface area (Å²) in [6, 6.07) is 71.5. The molecule has 0 saturated heterocycles. The lowest BCUT2D eigenvalue weighted by atomic mass is 9.99. The van der Waals surface area contributed by atoms with Crippen LogP contribution in [0.5, 0.6) is 0 Å². The second-order valence-corrected chi connectivity index (χ2v) is 15.6. The molecule has 0 radical (unpaired) electrons. The van der Waals surface area contributed by atoms with E-state index in [1.165, 1.54) is 108 Å². The number of thiophene rings is 1. The third-order valence-corrected chi connectivity index (χ3v) is 12.6. The first kappa shape index (κ1) is 30.5. The molecule has 0 spiro atoms. The average molecular weight is 717 g/mol. The summed E-state index contributed by atoms with van der Waals surface area (Å²) in [5.41, 5.74) is 12.1. The highest BCUT2D eigenvalue weighted by Gasteiger charge is 2.17. The number of nitrogens with zero attached hydrogens (tertiary/aromatic N) is 2. The Morgan fingerprint density at radius 1 is 0.291 bits per heavy atom. The van der Waals surface area contributed by atoms with Crippen molar-refractivity contribution >= 4 is 85.9 Å². The van der Waals surface area contributed by atoms with E-state index in [1.807, 2.05) is 11.3 Å². The van der Waals surface area contributed by atoms with Gasteiger partial charge in [0, 0.05) is 52.8 Å². The minimum absolute atomic E-state index is 1.17. The van der Waals surface area contributed by atoms with Gasteiger partial charge in [-0.05, 0) is 94.4 Å². The highest BCUT2D eigenvalue weighted by molar-refractivity contribution is 7.25. The van der Waals surface area contributed by atoms with Crippen LogP contribution in [0.25, 0.3) is 108 Å². The molecule has 9 aromatic carbocycles. The molecule has 0 unspecified atom stereocenters. The van der Waals surface area contributed by atoms with Crippen molar-refractivity contribution in [1.29, 1.82) is 0 Å². The maximum absolute atomic E-state index is 2.45. The van der Waals surface area contributed by atoms with Crippen molar-refractivity contribution in [2.24, 2.45) is 0 Å². The van der Waals surface area contributed by atoms with E-state index < -0.39 is 0 Å². The summed E-state index contributed by atoms with van der Waals surface area (Å²) in [5.74, 6) is 0. The first-order chi connectivity index (χ1) is 27.3. The van der Waals surface area contributed by atoms with Crippen LogP contribution in [0.3, 0.4) is 0 Å². The Balaban J connectivity index is 1.000. The van der Waals surface area contributed by atoms with Gasteiger partial charge in [0.1, 0.15) is 0 Å². The molecular formula is C52H32N2S. The van der Waals surface area contributed by atoms with Crippen LogP contribution < -0.4 is 0 Å². The number of hydrogen-bond acceptors (Lipinski definition) is 1. The standard InChI is InChI=1S/C52H32N2S/c1-2-12-38(13-3-1)53-47-17-7-4-14-40(47)42-26-22-35(31-50(42)53)34-24-28-49-45(30-34)41-15-5-8-18-48(41)54(49)46-19-10-11-37-29-33(21-25-39(37)46)36-23-27-44-43-16-6-9-20-51(43)55-52(44)32-36/h1-32H. The summed E-state index contributed by atoms with van der Waals surface area (Å²) in [4.78, 5) is 0. The third kappa shape index (κ3) is 4.60. The topological polar surface area (TPSA) is 9.86 Å². The van der Waals surface area contributed by atoms with Gasteiger partial charge in [-0.1, -0.05) is 127 Å². The van der Waals surface area contributed by atoms with E-state index in [-0.39, 0.29) is 0 Å². The van der Waals surface area contributed by atoms with Crippen LogP contribution >= 0.6 is 11.3 Å². The van der Waals surface area contributed by atoms with Crippen molar-refractivity contribution in [3.05, 3.63) is 194 Å². The number of para-hydroxylation sites is 3. The molecule has 3 heteroatoms. The van der Waals surface area contributed by atoms with E-state index in [0.29, 0.717) is 0 Å². The first-order valence-corrected chi connectivity index (χ1v) is 19.7. The third-order valence-electron chi connectivity index (χ3n) is 11.5. The van der Waals surface area contributed by atoms with Gasteiger partial charge in [-0.3, -0.25) is 0 Å². The normalized spacial score (nSPS) is 12.0. The van der Waals surface area contributed by atoms with Gasteiger partial charge in [0.05, 0.1) is 27.8 Å². The van der Waals surface area contributed by atoms with Gasteiger partial charge >= 0.3 is 0 Å². The molecule has 0 fully saturated rings. The zero-order valence-electron chi connectivity index (χ0n) is 29.8. The van der Waals surface area contributed by atoms with E-state index >= 15 is 0 Å². The van der Waals surface area contributed by atoms with Gasteiger partial charge in [0.15, 0.2) is 0 Å². The van der Waals surface area contributed by atoms with Crippen LogP contribution in [0.4, 0.5) is 0 Å². The van der Waals surface area contributed by atoms with Crippen LogP contribution in [0.1, 0.15) is 0 Å². The molecule has 0 saturated carbocycles. The van der Waals surface area contributed by atoms with Crippen molar-refractivity contribution in [3.63, 3.8) is 0 Å². The van der Waals surface area contributed by atoms with Crippen LogP contribution in [-0.4, -0.2) is 9.13 Å². The molecule has 0 N–H and O–H groups in total. The zero-order valence-corrected chi connectivity index (χ0v) is 30.6. The van der Waals surface area contributed by atoms with Crippen molar-refractivity contribution < 1.29 is 0 Å². The molecule has 0 bridgehead atoms. The number of hydrogen-bond donors (Lipinski definition) is 0. The lowest BCUT2D eigenvalue weighted by molar-refractivity contribution is 1.18. The Morgan fingerprint density at radius 2 is 0.855 bits per heavy atom. The average Bonchev–Trinajstić information content (AvgIpc) is 3.90. The molecule has 12 aromatic rings. The predicted octanol–water partition coefficient (Wildman–Crippen LogP) is 14.7. The lowest BCUT2D eigenvalue weighted by Gasteiger charge is -2.13. The second kappa shape index (κ2) is 11.8. The molecule has 0 atom stereocenters. The van der Waals surface area contributed by atoms with Gasteiger partial charge in [0.2, 0.25) is 0 Å². The van der Waals surface area contributed by atoms with Crippen LogP contribution in [0.2, 0.25) is 0 Å². The summed E-state index contributed by atoms with van der Waals surface area (Å²) in [7, 11) is 0. The van der Waals surface area contributed by atoms with Crippen LogP contribution in [0.15, 0.2) is 194 Å². The van der Waals surface area contributed by atoms with Crippen molar-refractivity contribution in [3.8, 4) is 33.6 Å². The molecular weight excluding hydrogens is 685 g/mol. The Hall–Kier alpha value is -6.94. The fourth-order valence-electron chi connectivity index (χ4n) is 8.96. The highest BCUT2D eigenvalue weighted by Crippen LogP contribution is 2.41. The fraction of sp³-hybridized carbons (Fsp3) is 0. The van der Waals surface area contributed by atoms with Gasteiger partial charge in [-0.25, -0.2) is 0 Å². The van der Waals surface area contributed by atoms with E-state index in [2.05, 4.69) is 203 Å². The van der Waals surface area contributed by atoms with Crippen molar-refractivity contribution in [2.45, 2.75) is 0 Å². The minimum Gasteiger partial charge on any atom is -0.309 e. The van der Waals surface area contributed by atoms with Crippen LogP contribution in [0, 0.1) is 0 Å². The van der Waals surface area contributed by atoms with Crippen LogP contribution in [-0.2, 0) is 0 Å². The molecule has 12 rings (SSSR count). The molecule has 2 nitrogen and oxygen atoms in total. The monoisotopic (exact) mass is 716 g/mol. The molecule has 0 aliphatic heterocycles. The van der Waals surface area contributed by atoms with Gasteiger partial charge in [-0.15, -0.1) is 11.3 Å². The highest BCUT2D eigenvalue weighted by atomic mass is 32.1. The molecule has 3 heterocycles. The van der Waals surface area contributed by atoms with E-state index in [4.69, 9.17) is 0 Å². The fourth-order valence-corrected chi connectivity index (χ4v) is 10.1. The number of benzene rings is 9. The minimum atomic E-state index is 1.17. The SMILES string of the molecule is c1ccc(-n2c3ccccc3c3ccc(-c4ccc5c(c4)c4ccccc4n5-c4cccc5cc(-c6ccc7c(c6)sc6ccccc67)ccc45)cc32)cc1. The lowest BCUT2D eigenvalue weighted by Crippen LogP contribution is -1.95. The smallest absolute Gasteiger partial charge is 0.0547 e. The summed E-state index contributed by atoms with van der Waals surface area (Å²) in [5, 5.41) is 10.2. The predicted molar refractivity (Wildman–Crippen MR) is 236 cm³/mol. The Labute approximate surface area is 321 Å². The molecule has 0 aliphatic rings. The van der Waals surface area contributed by atoms with E-state index in [1.54, 1.807) is 0 Å². The summed E-state index contributed by atoms with van der Waals surface area (Å²) >= 11 is 1.87. The number of fused-ring (bicyclic) bond motifs is 10. The number of rotatable bonds is 4. The Morgan fingerprint density at radius 3 is 1.69 bits per heavy atom. The van der Waals surface area contributed by atoms with E-state index in [0.717, 1.165) is 0 Å². The molecule has 256 valence electrons. The Bertz CT molecular complexity index is 3490.